The number of hydrogen-bond donors (Lipinski definition) is 2. The normalized spacial score (nSPS) is 13.8. The van der Waals surface area contributed by atoms with Gasteiger partial charge in [0.2, 0.25) is 0 Å². The fraction of sp³-hybridized carbons (Fsp3) is 0.273. The Bertz CT molecular complexity index is 1050. The topological polar surface area (TPSA) is 59.1 Å². The summed E-state index contributed by atoms with van der Waals surface area (Å²) in [7, 11) is 1.64. The predicted molar refractivity (Wildman–Crippen MR) is 116 cm³/mol. The molecule has 150 valence electrons. The van der Waals surface area contributed by atoms with Crippen molar-refractivity contribution in [3.8, 4) is 5.75 Å². The summed E-state index contributed by atoms with van der Waals surface area (Å²) in [5.41, 5.74) is 2.23. The summed E-state index contributed by atoms with van der Waals surface area (Å²) in [6.45, 7) is 0.707. The summed E-state index contributed by atoms with van der Waals surface area (Å²) in [5, 5.41) is 7.45. The van der Waals surface area contributed by atoms with Crippen molar-refractivity contribution in [3.63, 3.8) is 0 Å². The van der Waals surface area contributed by atoms with Crippen LogP contribution in [0.15, 0.2) is 48.8 Å². The second-order valence-electron chi connectivity index (χ2n) is 7.08. The van der Waals surface area contributed by atoms with Crippen molar-refractivity contribution in [1.29, 1.82) is 0 Å². The molecule has 5 nitrogen and oxygen atoms in total. The van der Waals surface area contributed by atoms with E-state index in [1.807, 2.05) is 12.1 Å². The smallest absolute Gasteiger partial charge is 0.144 e. The molecule has 0 amide bonds. The lowest BCUT2D eigenvalue weighted by Crippen LogP contribution is -2.02. The van der Waals surface area contributed by atoms with Crippen LogP contribution in [-0.4, -0.2) is 23.6 Å². The highest BCUT2D eigenvalue weighted by Crippen LogP contribution is 2.34. The molecule has 2 N–H and O–H groups in total. The number of halogens is 2. The molecule has 0 aliphatic heterocycles. The van der Waals surface area contributed by atoms with Crippen LogP contribution in [0.1, 0.15) is 19.3 Å². The van der Waals surface area contributed by atoms with E-state index in [1.165, 1.54) is 31.3 Å². The molecular formula is C22H22ClFN4O. The molecule has 1 saturated carbocycles. The first kappa shape index (κ1) is 19.5. The minimum absolute atomic E-state index is 0.0513. The van der Waals surface area contributed by atoms with Gasteiger partial charge in [-0.15, -0.1) is 0 Å². The van der Waals surface area contributed by atoms with Gasteiger partial charge in [-0.25, -0.2) is 14.4 Å². The highest BCUT2D eigenvalue weighted by molar-refractivity contribution is 6.31. The zero-order valence-corrected chi connectivity index (χ0v) is 16.8. The molecule has 7 heteroatoms. The van der Waals surface area contributed by atoms with Crippen LogP contribution in [0.3, 0.4) is 0 Å². The van der Waals surface area contributed by atoms with Crippen molar-refractivity contribution in [2.24, 2.45) is 5.92 Å². The predicted octanol–water partition coefficient (Wildman–Crippen LogP) is 5.94. The van der Waals surface area contributed by atoms with Gasteiger partial charge in [0.25, 0.3) is 0 Å². The summed E-state index contributed by atoms with van der Waals surface area (Å²) >= 11 is 5.89. The van der Waals surface area contributed by atoms with E-state index in [4.69, 9.17) is 16.3 Å². The molecule has 0 saturated heterocycles. The molecule has 0 atom stereocenters. The largest absolute Gasteiger partial charge is 0.495 e. The average molecular weight is 413 g/mol. The van der Waals surface area contributed by atoms with Gasteiger partial charge in [-0.3, -0.25) is 0 Å². The van der Waals surface area contributed by atoms with Crippen LogP contribution < -0.4 is 15.4 Å². The van der Waals surface area contributed by atoms with Gasteiger partial charge in [0.15, 0.2) is 0 Å². The molecule has 4 rings (SSSR count). The van der Waals surface area contributed by atoms with Crippen LogP contribution in [0, 0.1) is 11.7 Å². The van der Waals surface area contributed by atoms with Gasteiger partial charge in [0.1, 0.15) is 23.7 Å². The maximum atomic E-state index is 13.4. The monoisotopic (exact) mass is 412 g/mol. The second-order valence-corrected chi connectivity index (χ2v) is 7.48. The average Bonchev–Trinajstić information content (AvgIpc) is 3.55. The molecule has 1 aromatic heterocycles. The Hall–Kier alpha value is -2.86. The SMILES string of the molecule is COc1cc2ncnc(Nc3ccc(F)c(Cl)c3)c2cc1NCC=CCC1CC1. The maximum absolute atomic E-state index is 13.4. The Morgan fingerprint density at radius 1 is 1.21 bits per heavy atom. The second kappa shape index (κ2) is 8.66. The van der Waals surface area contributed by atoms with E-state index in [-0.39, 0.29) is 5.02 Å². The number of fused-ring (bicyclic) bond motifs is 1. The number of aromatic nitrogens is 2. The zero-order chi connectivity index (χ0) is 20.2. The summed E-state index contributed by atoms with van der Waals surface area (Å²) in [5.74, 6) is 1.73. The van der Waals surface area contributed by atoms with Gasteiger partial charge in [-0.05, 0) is 49.4 Å². The molecule has 3 aromatic rings. The first-order chi connectivity index (χ1) is 14.1. The minimum atomic E-state index is -0.462. The van der Waals surface area contributed by atoms with E-state index in [1.54, 1.807) is 13.2 Å². The standard InChI is InChI=1S/C22H22ClFN4O/c1-29-21-12-19-16(11-20(21)25-9-3-2-4-14-5-6-14)22(27-13-26-19)28-15-7-8-18(24)17(23)10-15/h2-3,7-8,10-14,25H,4-6,9H2,1H3,(H,26,27,28). The Morgan fingerprint density at radius 3 is 2.83 bits per heavy atom. The first-order valence-electron chi connectivity index (χ1n) is 9.57. The number of anilines is 3. The zero-order valence-electron chi connectivity index (χ0n) is 16.1. The van der Waals surface area contributed by atoms with Crippen molar-refractivity contribution < 1.29 is 9.13 Å². The quantitative estimate of drug-likeness (QED) is 0.448. The number of rotatable bonds is 8. The van der Waals surface area contributed by atoms with Crippen molar-refractivity contribution in [2.45, 2.75) is 19.3 Å². The highest BCUT2D eigenvalue weighted by atomic mass is 35.5. The van der Waals surface area contributed by atoms with E-state index >= 15 is 0 Å². The van der Waals surface area contributed by atoms with Crippen molar-refractivity contribution in [1.82, 2.24) is 9.97 Å². The lowest BCUT2D eigenvalue weighted by atomic mass is 10.1. The molecule has 1 heterocycles. The van der Waals surface area contributed by atoms with Gasteiger partial charge in [-0.1, -0.05) is 23.8 Å². The number of nitrogens with one attached hydrogen (secondary N) is 2. The van der Waals surface area contributed by atoms with E-state index in [9.17, 15) is 4.39 Å². The fourth-order valence-electron chi connectivity index (χ4n) is 3.10. The van der Waals surface area contributed by atoms with Crippen LogP contribution in [0.2, 0.25) is 5.02 Å². The Balaban J connectivity index is 1.59. The van der Waals surface area contributed by atoms with E-state index in [0.717, 1.165) is 28.9 Å². The van der Waals surface area contributed by atoms with Crippen molar-refractivity contribution >= 4 is 39.7 Å². The third kappa shape index (κ3) is 4.77. The summed E-state index contributed by atoms with van der Waals surface area (Å²) in [6, 6.07) is 8.28. The van der Waals surface area contributed by atoms with Crippen LogP contribution >= 0.6 is 11.6 Å². The number of allylic oxidation sites excluding steroid dienone is 1. The highest BCUT2D eigenvalue weighted by Gasteiger charge is 2.18. The molecule has 0 radical (unpaired) electrons. The number of ether oxygens (including phenoxy) is 1. The van der Waals surface area contributed by atoms with E-state index < -0.39 is 5.82 Å². The Morgan fingerprint density at radius 2 is 2.07 bits per heavy atom. The molecule has 1 aliphatic carbocycles. The lowest BCUT2D eigenvalue weighted by Gasteiger charge is -2.14. The maximum Gasteiger partial charge on any atom is 0.144 e. The van der Waals surface area contributed by atoms with Crippen molar-refractivity contribution in [3.05, 3.63) is 59.7 Å². The van der Waals surface area contributed by atoms with Gasteiger partial charge in [-0.2, -0.15) is 0 Å². The molecule has 0 unspecified atom stereocenters. The van der Waals surface area contributed by atoms with Gasteiger partial charge in [0, 0.05) is 23.7 Å². The number of nitrogens with zero attached hydrogens (tertiary/aromatic N) is 2. The molecular weight excluding hydrogens is 391 g/mol. The van der Waals surface area contributed by atoms with E-state index in [0.29, 0.717) is 23.8 Å². The molecule has 2 aromatic carbocycles. The van der Waals surface area contributed by atoms with Crippen LogP contribution in [0.5, 0.6) is 5.75 Å². The van der Waals surface area contributed by atoms with Gasteiger partial charge in [0.05, 0.1) is 23.3 Å². The summed E-state index contributed by atoms with van der Waals surface area (Å²) < 4.78 is 19.0. The van der Waals surface area contributed by atoms with Crippen molar-refractivity contribution in [2.75, 3.05) is 24.3 Å². The van der Waals surface area contributed by atoms with Crippen LogP contribution in [0.4, 0.5) is 21.6 Å². The Kier molecular flexibility index (Phi) is 5.81. The van der Waals surface area contributed by atoms with Crippen LogP contribution in [-0.2, 0) is 0 Å². The van der Waals surface area contributed by atoms with Crippen LogP contribution in [0.25, 0.3) is 10.9 Å². The van der Waals surface area contributed by atoms with Gasteiger partial charge < -0.3 is 15.4 Å². The summed E-state index contributed by atoms with van der Waals surface area (Å²) in [6.07, 6.45) is 9.70. The summed E-state index contributed by atoms with van der Waals surface area (Å²) in [4.78, 5) is 8.69. The molecule has 0 bridgehead atoms. The van der Waals surface area contributed by atoms with Gasteiger partial charge >= 0.3 is 0 Å². The molecule has 0 spiro atoms. The lowest BCUT2D eigenvalue weighted by molar-refractivity contribution is 0.417. The number of benzene rings is 2. The third-order valence-corrected chi connectivity index (χ3v) is 5.17. The minimum Gasteiger partial charge on any atom is -0.495 e. The molecule has 1 aliphatic rings. The molecule has 1 fully saturated rings. The van der Waals surface area contributed by atoms with E-state index in [2.05, 4.69) is 32.8 Å². The number of hydrogen-bond acceptors (Lipinski definition) is 5. The first-order valence-corrected chi connectivity index (χ1v) is 9.95. The number of methoxy groups -OCH3 is 1. The Labute approximate surface area is 174 Å². The molecule has 29 heavy (non-hydrogen) atoms. The fourth-order valence-corrected chi connectivity index (χ4v) is 3.28. The third-order valence-electron chi connectivity index (χ3n) is 4.88.